The fourth-order valence-electron chi connectivity index (χ4n) is 14.6. The molecule has 26 heteroatoms. The Bertz CT molecular complexity index is 6910. The van der Waals surface area contributed by atoms with E-state index < -0.39 is 48.1 Å². The summed E-state index contributed by atoms with van der Waals surface area (Å²) in [5.74, 6) is -1.83. The number of pyridine rings is 3. The second kappa shape index (κ2) is 54.0. The van der Waals surface area contributed by atoms with Crippen molar-refractivity contribution in [3.05, 3.63) is 561 Å². The average molecular weight is 2060 g/mol. The van der Waals surface area contributed by atoms with Crippen LogP contribution < -0.4 is 63.7 Å². The van der Waals surface area contributed by atoms with Gasteiger partial charge in [-0.15, -0.1) is 0 Å². The molecule has 0 radical (unpaired) electrons. The maximum absolute atomic E-state index is 12.4. The van der Waals surface area contributed by atoms with E-state index in [-0.39, 0.29) is 48.9 Å². The van der Waals surface area contributed by atoms with Gasteiger partial charge in [-0.25, -0.2) is 34.7 Å². The summed E-state index contributed by atoms with van der Waals surface area (Å²) in [5, 5.41) is 37.9. The van der Waals surface area contributed by atoms with E-state index in [1.807, 2.05) is 12.1 Å². The molecule has 0 amide bonds. The van der Waals surface area contributed by atoms with Crippen LogP contribution in [0.4, 0.5) is 0 Å². The number of nitriles is 1. The monoisotopic (exact) mass is 2060 g/mol. The SMILES string of the molecule is N#Cc1cc(C(=O)c2cncnc2)cc2cccnc12.O=C(c1cncnc1)c1cc(C(=O)O)c2ncccc2c1.O=C(c1cncnc1)c1cc(Cl)c2ncccc2c1.O=S(=O)(O)O.[Pd].c1ccc(P(c2ccccc2)c2ccccc2)cc1.c1ccc(P(c2ccccc2)c2ccccc2)cc1.c1ccc(P(c2ccccc2)c2ccccc2)cc1.c1ccc(P(c2ccccc2)c2ccccc2)cc1. The van der Waals surface area contributed by atoms with Gasteiger partial charge in [0.1, 0.15) is 25.1 Å². The van der Waals surface area contributed by atoms with Crippen LogP contribution in [0.3, 0.4) is 0 Å². The van der Waals surface area contributed by atoms with Crippen molar-refractivity contribution in [2.75, 3.05) is 0 Å². The van der Waals surface area contributed by atoms with Crippen molar-refractivity contribution in [1.82, 2.24) is 44.9 Å². The van der Waals surface area contributed by atoms with Gasteiger partial charge in [-0.1, -0.05) is 394 Å². The van der Waals surface area contributed by atoms with Gasteiger partial charge in [0.25, 0.3) is 0 Å². The van der Waals surface area contributed by atoms with E-state index in [0.717, 1.165) is 10.8 Å². The number of benzene rings is 15. The van der Waals surface area contributed by atoms with Crippen LogP contribution in [0.5, 0.6) is 0 Å². The van der Waals surface area contributed by atoms with E-state index in [9.17, 15) is 29.5 Å². The second-order valence-electron chi connectivity index (χ2n) is 30.3. The summed E-state index contributed by atoms with van der Waals surface area (Å²) in [7, 11) is -6.45. The van der Waals surface area contributed by atoms with Gasteiger partial charge in [-0.2, -0.15) is 13.7 Å². The number of carboxylic acid groups (broad SMARTS) is 1. The number of hydrogen-bond donors (Lipinski definition) is 3. The van der Waals surface area contributed by atoms with Gasteiger partial charge >= 0.3 is 16.4 Å². The number of ketones is 3. The topological polar surface area (TPSA) is 303 Å². The van der Waals surface area contributed by atoms with Crippen LogP contribution in [-0.2, 0) is 30.8 Å². The number of carbonyl (C=O) groups is 4. The predicted molar refractivity (Wildman–Crippen MR) is 573 cm³/mol. The Labute approximate surface area is 846 Å². The first kappa shape index (κ1) is 104. The van der Waals surface area contributed by atoms with Gasteiger partial charge < -0.3 is 5.11 Å². The van der Waals surface area contributed by atoms with E-state index >= 15 is 0 Å². The molecule has 6 aromatic heterocycles. The van der Waals surface area contributed by atoms with Gasteiger partial charge in [0.15, 0.2) is 17.3 Å². The first-order chi connectivity index (χ1) is 69.0. The van der Waals surface area contributed by atoms with E-state index in [0.29, 0.717) is 60.3 Å². The molecule has 0 aliphatic heterocycles. The fraction of sp³-hybridized carbons (Fsp3) is 0. The van der Waals surface area contributed by atoms with Crippen molar-refractivity contribution >= 4 is 173 Å². The first-order valence-electron chi connectivity index (χ1n) is 43.9. The number of aromatic carboxylic acids is 1. The number of carboxylic acids is 1. The minimum absolute atomic E-state index is 0. The third-order valence-corrected chi connectivity index (χ3v) is 30.9. The van der Waals surface area contributed by atoms with Crippen LogP contribution in [0.25, 0.3) is 32.7 Å². The van der Waals surface area contributed by atoms with Gasteiger partial charge in [0.05, 0.1) is 49.4 Å². The molecule has 21 rings (SSSR count). The standard InChI is InChI=1S/4C18H15P.C15H8N4O.C15H9N3O3.C14H8ClN3O.H2O4S.Pd/c4*1-4-10-16(11-5-1)19(17-12-6-2-7-13-17)18-14-8-3-9-15-18;16-6-12-5-11(4-10-2-1-3-19-14(10)12)15(20)13-7-17-9-18-8-13;19-14(11-6-16-8-17-7-11)10-4-9-2-1-3-18-13(9)12(5-10)15(20)21;15-12-5-10(4-9-2-1-3-18-13(9)12)14(19)11-6-16-8-17-7-11;1-5(2,3)4;/h4*1-15H;1-5,7-9H;1-8H,(H,20,21);1-8H;(H2,1,2,3,4);. The molecule has 0 bridgehead atoms. The van der Waals surface area contributed by atoms with Gasteiger partial charge in [-0.3, -0.25) is 38.4 Å². The van der Waals surface area contributed by atoms with Gasteiger partial charge in [0.2, 0.25) is 0 Å². The predicted octanol–water partition coefficient (Wildman–Crippen LogP) is 20.1. The number of halogens is 1. The van der Waals surface area contributed by atoms with E-state index in [1.54, 1.807) is 67.0 Å². The molecule has 19 nitrogen and oxygen atoms in total. The Hall–Kier alpha value is -15.7. The van der Waals surface area contributed by atoms with Crippen LogP contribution in [-0.4, -0.2) is 90.8 Å². The van der Waals surface area contributed by atoms with Crippen LogP contribution in [0.15, 0.2) is 512 Å². The van der Waals surface area contributed by atoms with Crippen molar-refractivity contribution in [1.29, 1.82) is 5.26 Å². The third-order valence-electron chi connectivity index (χ3n) is 20.8. The fourth-order valence-corrected chi connectivity index (χ4v) is 24.1. The van der Waals surface area contributed by atoms with Crippen LogP contribution >= 0.6 is 43.3 Å². The quantitative estimate of drug-likeness (QED) is 0.0293. The molecule has 0 saturated carbocycles. The maximum Gasteiger partial charge on any atom is 0.394 e. The molecular weight excluding hydrogens is 1980 g/mol. The number of carbonyl (C=O) groups excluding carboxylic acids is 3. The number of fused-ring (bicyclic) bond motifs is 3. The summed E-state index contributed by atoms with van der Waals surface area (Å²) in [6.07, 6.45) is 17.5. The molecule has 0 atom stereocenters. The van der Waals surface area contributed by atoms with Gasteiger partial charge in [0, 0.05) is 109 Å². The second-order valence-corrected chi connectivity index (χ2v) is 40.5. The van der Waals surface area contributed by atoms with Gasteiger partial charge in [-0.05, 0) is 150 Å². The Balaban J connectivity index is 0.000000138. The largest absolute Gasteiger partial charge is 0.478 e. The normalized spacial score (nSPS) is 10.5. The van der Waals surface area contributed by atoms with E-state index in [2.05, 4.69) is 415 Å². The summed E-state index contributed by atoms with van der Waals surface area (Å²) < 4.78 is 31.6. The zero-order valence-corrected chi connectivity index (χ0v) is 82.4. The summed E-state index contributed by atoms with van der Waals surface area (Å²) in [5.41, 5.74) is 4.32. The van der Waals surface area contributed by atoms with Crippen LogP contribution in [0.2, 0.25) is 5.02 Å². The number of rotatable bonds is 19. The molecule has 3 N–H and O–H groups in total. The minimum Gasteiger partial charge on any atom is -0.478 e. The molecule has 0 unspecified atom stereocenters. The molecule has 0 aliphatic carbocycles. The number of hydrogen-bond acceptors (Lipinski definition) is 16. The van der Waals surface area contributed by atoms with Crippen molar-refractivity contribution in [3.8, 4) is 6.07 Å². The van der Waals surface area contributed by atoms with E-state index in [4.69, 9.17) is 29.1 Å². The molecule has 0 aliphatic rings. The van der Waals surface area contributed by atoms with Crippen LogP contribution in [0.1, 0.15) is 63.7 Å². The Morgan fingerprint density at radius 1 is 0.268 bits per heavy atom. The van der Waals surface area contributed by atoms with Crippen LogP contribution in [0, 0.1) is 11.3 Å². The number of aromatic nitrogens is 9. The smallest absolute Gasteiger partial charge is 0.394 e. The summed E-state index contributed by atoms with van der Waals surface area (Å²) in [6.45, 7) is 0. The molecule has 6 heterocycles. The number of nitrogens with zero attached hydrogens (tertiary/aromatic N) is 10. The molecule has 21 aromatic rings. The zero-order valence-electron chi connectivity index (χ0n) is 75.7. The summed E-state index contributed by atoms with van der Waals surface area (Å²) in [4.78, 5) is 83.7. The first-order valence-corrected chi connectivity index (χ1v) is 51.0. The van der Waals surface area contributed by atoms with Crippen molar-refractivity contribution in [3.63, 3.8) is 0 Å². The Morgan fingerprint density at radius 2 is 0.465 bits per heavy atom. The van der Waals surface area contributed by atoms with Crippen molar-refractivity contribution in [2.45, 2.75) is 0 Å². The molecule has 698 valence electrons. The molecule has 0 saturated heterocycles. The zero-order chi connectivity index (χ0) is 98.2. The molecular formula is C116H87ClN10O9P4PdS. The Morgan fingerprint density at radius 3 is 0.690 bits per heavy atom. The summed E-state index contributed by atoms with van der Waals surface area (Å²) in [6, 6.07) is 152. The third kappa shape index (κ3) is 29.9. The molecule has 142 heavy (non-hydrogen) atoms. The van der Waals surface area contributed by atoms with Crippen molar-refractivity contribution in [2.24, 2.45) is 0 Å². The molecule has 0 fully saturated rings. The average Bonchev–Trinajstić information content (AvgIpc) is 0.800. The maximum atomic E-state index is 12.4. The Kier molecular flexibility index (Phi) is 39.4. The summed E-state index contributed by atoms with van der Waals surface area (Å²) >= 11 is 6.15. The molecule has 0 spiro atoms. The molecule has 15 aromatic carbocycles. The minimum atomic E-state index is -4.67. The van der Waals surface area contributed by atoms with Crippen molar-refractivity contribution < 1.29 is 62.2 Å². The van der Waals surface area contributed by atoms with E-state index in [1.165, 1.54) is 132 Å².